The van der Waals surface area contributed by atoms with E-state index in [-0.39, 0.29) is 25.0 Å². The fraction of sp³-hybridized carbons (Fsp3) is 0.800. The van der Waals surface area contributed by atoms with Crippen LogP contribution in [0.5, 0.6) is 0 Å². The van der Waals surface area contributed by atoms with E-state index in [2.05, 4.69) is 10.6 Å². The molecule has 0 aliphatic carbocycles. The fourth-order valence-electron chi connectivity index (χ4n) is 0.867. The lowest BCUT2D eigenvalue weighted by Gasteiger charge is -2.05. The van der Waals surface area contributed by atoms with Gasteiger partial charge in [0.1, 0.15) is 13.2 Å². The molecule has 2 N–H and O–H groups in total. The summed E-state index contributed by atoms with van der Waals surface area (Å²) in [6.07, 6.45) is 1.78. The zero-order valence-corrected chi connectivity index (χ0v) is 9.47. The molecule has 0 radical (unpaired) electrons. The molecule has 5 nitrogen and oxygen atoms in total. The van der Waals surface area contributed by atoms with E-state index in [1.165, 1.54) is 0 Å². The van der Waals surface area contributed by atoms with Gasteiger partial charge in [-0.15, -0.1) is 0 Å². The zero-order chi connectivity index (χ0) is 11.5. The van der Waals surface area contributed by atoms with Crippen LogP contribution < -0.4 is 10.6 Å². The molecule has 0 rings (SSSR count). The Labute approximate surface area is 90.6 Å². The third kappa shape index (κ3) is 9.21. The van der Waals surface area contributed by atoms with Gasteiger partial charge in [-0.05, 0) is 12.8 Å². The average molecular weight is 216 g/mol. The summed E-state index contributed by atoms with van der Waals surface area (Å²) in [5.41, 5.74) is 0. The van der Waals surface area contributed by atoms with Gasteiger partial charge in [0, 0.05) is 13.1 Å². The maximum Gasteiger partial charge on any atom is 0.246 e. The van der Waals surface area contributed by atoms with Crippen LogP contribution in [0.3, 0.4) is 0 Å². The van der Waals surface area contributed by atoms with E-state index in [0.717, 1.165) is 12.8 Å². The molecule has 88 valence electrons. The van der Waals surface area contributed by atoms with Crippen molar-refractivity contribution in [2.45, 2.75) is 26.7 Å². The first-order valence-corrected chi connectivity index (χ1v) is 5.31. The highest BCUT2D eigenvalue weighted by Crippen LogP contribution is 1.79. The Morgan fingerprint density at radius 3 is 1.67 bits per heavy atom. The first kappa shape index (κ1) is 13.9. The molecule has 0 aliphatic heterocycles. The van der Waals surface area contributed by atoms with Gasteiger partial charge in [-0.25, -0.2) is 0 Å². The molecule has 0 unspecified atom stereocenters. The van der Waals surface area contributed by atoms with E-state index in [9.17, 15) is 9.59 Å². The predicted octanol–water partition coefficient (Wildman–Crippen LogP) is 0.0554. The van der Waals surface area contributed by atoms with Gasteiger partial charge < -0.3 is 15.4 Å². The van der Waals surface area contributed by atoms with Crippen molar-refractivity contribution < 1.29 is 14.3 Å². The normalized spacial score (nSPS) is 9.73. The number of rotatable bonds is 8. The van der Waals surface area contributed by atoms with Crippen LogP contribution >= 0.6 is 0 Å². The highest BCUT2D eigenvalue weighted by Gasteiger charge is 2.03. The topological polar surface area (TPSA) is 67.4 Å². The molecule has 0 aromatic rings. The second-order valence-electron chi connectivity index (χ2n) is 3.19. The minimum absolute atomic E-state index is 0.0560. The monoisotopic (exact) mass is 216 g/mol. The van der Waals surface area contributed by atoms with Crippen molar-refractivity contribution in [3.05, 3.63) is 0 Å². The molecule has 0 fully saturated rings. The Kier molecular flexibility index (Phi) is 8.76. The first-order chi connectivity index (χ1) is 7.20. The van der Waals surface area contributed by atoms with E-state index >= 15 is 0 Å². The molecule has 0 saturated heterocycles. The molecule has 15 heavy (non-hydrogen) atoms. The molecule has 0 aromatic heterocycles. The Morgan fingerprint density at radius 1 is 0.933 bits per heavy atom. The Hall–Kier alpha value is -1.10. The number of hydrogen-bond donors (Lipinski definition) is 2. The number of hydrogen-bond acceptors (Lipinski definition) is 3. The SMILES string of the molecule is CCCNC(=O)COCC(=O)NCCC. The van der Waals surface area contributed by atoms with E-state index in [1.54, 1.807) is 0 Å². The molecule has 0 heterocycles. The van der Waals surface area contributed by atoms with Crippen molar-refractivity contribution in [1.29, 1.82) is 0 Å². The van der Waals surface area contributed by atoms with Crippen LogP contribution in [0.15, 0.2) is 0 Å². The zero-order valence-electron chi connectivity index (χ0n) is 9.47. The van der Waals surface area contributed by atoms with Crippen LogP contribution in [0.4, 0.5) is 0 Å². The summed E-state index contributed by atoms with van der Waals surface area (Å²) in [6, 6.07) is 0. The smallest absolute Gasteiger partial charge is 0.246 e. The van der Waals surface area contributed by atoms with Crippen molar-refractivity contribution in [1.82, 2.24) is 10.6 Å². The molecule has 0 aromatic carbocycles. The summed E-state index contributed by atoms with van der Waals surface area (Å²) in [4.78, 5) is 22.1. The minimum atomic E-state index is -0.180. The van der Waals surface area contributed by atoms with Crippen molar-refractivity contribution in [3.8, 4) is 0 Å². The van der Waals surface area contributed by atoms with Crippen LogP contribution in [-0.4, -0.2) is 38.1 Å². The maximum absolute atomic E-state index is 11.0. The van der Waals surface area contributed by atoms with Gasteiger partial charge in [0.2, 0.25) is 11.8 Å². The van der Waals surface area contributed by atoms with E-state index in [4.69, 9.17) is 4.74 Å². The van der Waals surface area contributed by atoms with Crippen LogP contribution in [0.2, 0.25) is 0 Å². The van der Waals surface area contributed by atoms with Gasteiger partial charge in [0.15, 0.2) is 0 Å². The number of nitrogens with one attached hydrogen (secondary N) is 2. The molecule has 0 spiro atoms. The lowest BCUT2D eigenvalue weighted by molar-refractivity contribution is -0.130. The number of carbonyl (C=O) groups excluding carboxylic acids is 2. The molecule has 2 amide bonds. The van der Waals surface area contributed by atoms with Gasteiger partial charge in [-0.1, -0.05) is 13.8 Å². The summed E-state index contributed by atoms with van der Waals surface area (Å²) in [7, 11) is 0. The quantitative estimate of drug-likeness (QED) is 0.602. The number of ether oxygens (including phenoxy) is 1. The summed E-state index contributed by atoms with van der Waals surface area (Å²) >= 11 is 0. The van der Waals surface area contributed by atoms with Crippen LogP contribution in [0, 0.1) is 0 Å². The third-order valence-electron chi connectivity index (χ3n) is 1.61. The fourth-order valence-corrected chi connectivity index (χ4v) is 0.867. The first-order valence-electron chi connectivity index (χ1n) is 5.31. The third-order valence-corrected chi connectivity index (χ3v) is 1.61. The molecule has 0 saturated carbocycles. The average Bonchev–Trinajstić information content (AvgIpc) is 2.23. The van der Waals surface area contributed by atoms with E-state index in [0.29, 0.717) is 13.1 Å². The van der Waals surface area contributed by atoms with Crippen molar-refractivity contribution in [2.75, 3.05) is 26.3 Å². The lowest BCUT2D eigenvalue weighted by Crippen LogP contribution is -2.32. The Bertz CT molecular complexity index is 175. The molecule has 0 atom stereocenters. The second-order valence-corrected chi connectivity index (χ2v) is 3.19. The van der Waals surface area contributed by atoms with Gasteiger partial charge in [0.25, 0.3) is 0 Å². The lowest BCUT2D eigenvalue weighted by atomic mass is 10.4. The molecule has 0 bridgehead atoms. The maximum atomic E-state index is 11.0. The molecule has 0 aliphatic rings. The summed E-state index contributed by atoms with van der Waals surface area (Å²) in [6.45, 7) is 5.12. The summed E-state index contributed by atoms with van der Waals surface area (Å²) in [5.74, 6) is -0.361. The minimum Gasteiger partial charge on any atom is -0.362 e. The van der Waals surface area contributed by atoms with Crippen LogP contribution in [0.25, 0.3) is 0 Å². The Morgan fingerprint density at radius 2 is 1.33 bits per heavy atom. The second kappa shape index (κ2) is 9.45. The van der Waals surface area contributed by atoms with Gasteiger partial charge >= 0.3 is 0 Å². The van der Waals surface area contributed by atoms with Crippen LogP contribution in [0.1, 0.15) is 26.7 Å². The van der Waals surface area contributed by atoms with Crippen molar-refractivity contribution in [3.63, 3.8) is 0 Å². The van der Waals surface area contributed by atoms with E-state index in [1.807, 2.05) is 13.8 Å². The highest BCUT2D eigenvalue weighted by atomic mass is 16.5. The summed E-state index contributed by atoms with van der Waals surface area (Å²) in [5, 5.41) is 5.31. The summed E-state index contributed by atoms with van der Waals surface area (Å²) < 4.78 is 4.93. The molecular weight excluding hydrogens is 196 g/mol. The predicted molar refractivity (Wildman–Crippen MR) is 57.4 cm³/mol. The van der Waals surface area contributed by atoms with Crippen molar-refractivity contribution >= 4 is 11.8 Å². The number of amides is 2. The Balaban J connectivity index is 3.36. The largest absolute Gasteiger partial charge is 0.362 e. The van der Waals surface area contributed by atoms with Gasteiger partial charge in [0.05, 0.1) is 0 Å². The molecule has 5 heteroatoms. The number of carbonyl (C=O) groups is 2. The van der Waals surface area contributed by atoms with Gasteiger partial charge in [-0.3, -0.25) is 9.59 Å². The van der Waals surface area contributed by atoms with Crippen molar-refractivity contribution in [2.24, 2.45) is 0 Å². The highest BCUT2D eigenvalue weighted by molar-refractivity contribution is 5.79. The standard InChI is InChI=1S/C10H20N2O3/c1-3-5-11-9(13)7-15-8-10(14)12-6-4-2/h3-8H2,1-2H3,(H,11,13)(H,12,14). The molecular formula is C10H20N2O3. The van der Waals surface area contributed by atoms with E-state index < -0.39 is 0 Å². The van der Waals surface area contributed by atoms with Gasteiger partial charge in [-0.2, -0.15) is 0 Å². The van der Waals surface area contributed by atoms with Crippen LogP contribution in [-0.2, 0) is 14.3 Å².